The number of carbonyl (C=O) groups is 2. The number of carbonyl (C=O) groups excluding carboxylic acids is 1. The van der Waals surface area contributed by atoms with E-state index in [0.29, 0.717) is 42.5 Å². The molecule has 8 heteroatoms. The molecule has 0 radical (unpaired) electrons. The standard InChI is InChI=1S/C19H26ClN3O4/c1-22(2)17(24)14-5-6-15(21-16(14)20)27-11-3-4-13-12-19(13)7-9-23(10-8-19)18(25)26/h5-6,13H,3-4,7-12H2,1-2H3,(H,25,26)/t13-/m1/s1. The lowest BCUT2D eigenvalue weighted by Gasteiger charge is -2.31. The number of pyridine rings is 1. The highest BCUT2D eigenvalue weighted by Crippen LogP contribution is 2.61. The van der Waals surface area contributed by atoms with Gasteiger partial charge in [-0.05, 0) is 49.5 Å². The van der Waals surface area contributed by atoms with Crippen molar-refractivity contribution in [2.24, 2.45) is 11.3 Å². The molecule has 27 heavy (non-hydrogen) atoms. The molecular formula is C19H26ClN3O4. The summed E-state index contributed by atoms with van der Waals surface area (Å²) in [4.78, 5) is 30.1. The van der Waals surface area contributed by atoms with Crippen molar-refractivity contribution in [3.8, 4) is 5.88 Å². The molecule has 1 aromatic rings. The van der Waals surface area contributed by atoms with Gasteiger partial charge < -0.3 is 19.6 Å². The van der Waals surface area contributed by atoms with Crippen LogP contribution in [0.3, 0.4) is 0 Å². The molecule has 1 atom stereocenters. The van der Waals surface area contributed by atoms with Crippen LogP contribution in [0.2, 0.25) is 5.15 Å². The Morgan fingerprint density at radius 2 is 2.07 bits per heavy atom. The van der Waals surface area contributed by atoms with Crippen LogP contribution in [0.1, 0.15) is 42.5 Å². The summed E-state index contributed by atoms with van der Waals surface area (Å²) >= 11 is 6.09. The first kappa shape index (κ1) is 19.7. The van der Waals surface area contributed by atoms with Crippen molar-refractivity contribution in [3.63, 3.8) is 0 Å². The predicted octanol–water partition coefficient (Wildman–Crippen LogP) is 3.38. The number of nitrogens with zero attached hydrogens (tertiary/aromatic N) is 3. The third-order valence-corrected chi connectivity index (χ3v) is 6.08. The van der Waals surface area contributed by atoms with Crippen LogP contribution >= 0.6 is 11.6 Å². The van der Waals surface area contributed by atoms with Crippen molar-refractivity contribution >= 4 is 23.6 Å². The molecule has 0 bridgehead atoms. The molecule has 1 aliphatic heterocycles. The number of hydrogen-bond donors (Lipinski definition) is 1. The maximum atomic E-state index is 11.9. The maximum Gasteiger partial charge on any atom is 0.407 e. The van der Waals surface area contributed by atoms with E-state index in [4.69, 9.17) is 21.4 Å². The summed E-state index contributed by atoms with van der Waals surface area (Å²) < 4.78 is 5.68. The van der Waals surface area contributed by atoms with Crippen LogP contribution in [-0.2, 0) is 0 Å². The van der Waals surface area contributed by atoms with E-state index < -0.39 is 6.09 Å². The summed E-state index contributed by atoms with van der Waals surface area (Å²) in [6, 6.07) is 3.31. The van der Waals surface area contributed by atoms with Gasteiger partial charge in [0, 0.05) is 33.3 Å². The quantitative estimate of drug-likeness (QED) is 0.589. The van der Waals surface area contributed by atoms with E-state index in [0.717, 1.165) is 25.7 Å². The first-order valence-corrected chi connectivity index (χ1v) is 9.69. The number of halogens is 1. The van der Waals surface area contributed by atoms with Gasteiger partial charge in [-0.15, -0.1) is 0 Å². The summed E-state index contributed by atoms with van der Waals surface area (Å²) in [5.41, 5.74) is 0.725. The number of piperidine rings is 1. The Balaban J connectivity index is 1.40. The molecule has 0 unspecified atom stereocenters. The van der Waals surface area contributed by atoms with Gasteiger partial charge in [-0.25, -0.2) is 9.78 Å². The van der Waals surface area contributed by atoms with Gasteiger partial charge in [-0.2, -0.15) is 0 Å². The lowest BCUT2D eigenvalue weighted by molar-refractivity contribution is 0.0827. The summed E-state index contributed by atoms with van der Waals surface area (Å²) in [5, 5.41) is 9.19. The van der Waals surface area contributed by atoms with Gasteiger partial charge in [-0.1, -0.05) is 11.6 Å². The molecule has 1 aliphatic carbocycles. The highest BCUT2D eigenvalue weighted by atomic mass is 35.5. The first-order valence-electron chi connectivity index (χ1n) is 9.31. The molecule has 1 saturated carbocycles. The van der Waals surface area contributed by atoms with E-state index in [2.05, 4.69) is 4.98 Å². The Labute approximate surface area is 164 Å². The zero-order valence-corrected chi connectivity index (χ0v) is 16.5. The van der Waals surface area contributed by atoms with Gasteiger partial charge in [0.1, 0.15) is 5.15 Å². The van der Waals surface area contributed by atoms with Gasteiger partial charge in [0.25, 0.3) is 5.91 Å². The molecule has 1 aromatic heterocycles. The smallest absolute Gasteiger partial charge is 0.407 e. The predicted molar refractivity (Wildman–Crippen MR) is 101 cm³/mol. The second-order valence-corrected chi connectivity index (χ2v) is 8.07. The second-order valence-electron chi connectivity index (χ2n) is 7.71. The SMILES string of the molecule is CN(C)C(=O)c1ccc(OCCC[C@@H]2CC23CCN(C(=O)O)CC3)nc1Cl. The number of amides is 2. The molecule has 3 rings (SSSR count). The Morgan fingerprint density at radius 1 is 1.37 bits per heavy atom. The van der Waals surface area contributed by atoms with Crippen molar-refractivity contribution in [2.75, 3.05) is 33.8 Å². The average molecular weight is 396 g/mol. The molecule has 0 aromatic carbocycles. The van der Waals surface area contributed by atoms with Crippen LogP contribution in [0.15, 0.2) is 12.1 Å². The van der Waals surface area contributed by atoms with E-state index >= 15 is 0 Å². The number of rotatable bonds is 6. The third-order valence-electron chi connectivity index (χ3n) is 5.80. The molecule has 1 saturated heterocycles. The molecule has 2 amide bonds. The molecule has 1 spiro atoms. The molecular weight excluding hydrogens is 370 g/mol. The number of aromatic nitrogens is 1. The van der Waals surface area contributed by atoms with Gasteiger partial charge in [0.15, 0.2) is 0 Å². The lowest BCUT2D eigenvalue weighted by Crippen LogP contribution is -2.38. The first-order chi connectivity index (χ1) is 12.8. The zero-order valence-electron chi connectivity index (χ0n) is 15.8. The third kappa shape index (κ3) is 4.46. The molecule has 2 fully saturated rings. The van der Waals surface area contributed by atoms with Gasteiger partial charge in [-0.3, -0.25) is 4.79 Å². The van der Waals surface area contributed by atoms with Crippen LogP contribution in [0.5, 0.6) is 5.88 Å². The van der Waals surface area contributed by atoms with Crippen molar-refractivity contribution < 1.29 is 19.4 Å². The summed E-state index contributed by atoms with van der Waals surface area (Å²) in [7, 11) is 3.33. The number of hydrogen-bond acceptors (Lipinski definition) is 4. The monoisotopic (exact) mass is 395 g/mol. The van der Waals surface area contributed by atoms with Crippen molar-refractivity contribution in [1.82, 2.24) is 14.8 Å². The topological polar surface area (TPSA) is 83.0 Å². The lowest BCUT2D eigenvalue weighted by atomic mass is 9.90. The van der Waals surface area contributed by atoms with Gasteiger partial charge >= 0.3 is 6.09 Å². The molecule has 148 valence electrons. The summed E-state index contributed by atoms with van der Waals surface area (Å²) in [5.74, 6) is 0.913. The van der Waals surface area contributed by atoms with Crippen LogP contribution in [0.4, 0.5) is 4.79 Å². The van der Waals surface area contributed by atoms with Crippen molar-refractivity contribution in [1.29, 1.82) is 0 Å². The Hall–Kier alpha value is -2.02. The van der Waals surface area contributed by atoms with Crippen molar-refractivity contribution in [2.45, 2.75) is 32.1 Å². The molecule has 1 N–H and O–H groups in total. The fourth-order valence-corrected chi connectivity index (χ4v) is 4.23. The average Bonchev–Trinajstić information content (AvgIpc) is 3.30. The van der Waals surface area contributed by atoms with Crippen LogP contribution < -0.4 is 4.74 Å². The van der Waals surface area contributed by atoms with Crippen molar-refractivity contribution in [3.05, 3.63) is 22.8 Å². The van der Waals surface area contributed by atoms with E-state index in [9.17, 15) is 9.59 Å². The van der Waals surface area contributed by atoms with Crippen LogP contribution in [-0.4, -0.2) is 65.7 Å². The van der Waals surface area contributed by atoms with E-state index in [1.807, 2.05) is 0 Å². The minimum Gasteiger partial charge on any atom is -0.478 e. The molecule has 7 nitrogen and oxygen atoms in total. The van der Waals surface area contributed by atoms with Gasteiger partial charge in [0.2, 0.25) is 5.88 Å². The number of ether oxygens (including phenoxy) is 1. The highest BCUT2D eigenvalue weighted by molar-refractivity contribution is 6.32. The van der Waals surface area contributed by atoms with E-state index in [1.165, 1.54) is 16.2 Å². The zero-order chi connectivity index (χ0) is 19.6. The van der Waals surface area contributed by atoms with E-state index in [-0.39, 0.29) is 11.1 Å². The fraction of sp³-hybridized carbons (Fsp3) is 0.632. The van der Waals surface area contributed by atoms with Crippen LogP contribution in [0, 0.1) is 11.3 Å². The minimum atomic E-state index is -0.806. The molecule has 2 aliphatic rings. The number of likely N-dealkylation sites (tertiary alicyclic amines) is 1. The van der Waals surface area contributed by atoms with Gasteiger partial charge in [0.05, 0.1) is 12.2 Å². The maximum absolute atomic E-state index is 11.9. The second kappa shape index (κ2) is 7.92. The van der Waals surface area contributed by atoms with E-state index in [1.54, 1.807) is 26.2 Å². The number of carboxylic acid groups (broad SMARTS) is 1. The summed E-state index contributed by atoms with van der Waals surface area (Å²) in [6.45, 7) is 1.86. The van der Waals surface area contributed by atoms with Crippen LogP contribution in [0.25, 0.3) is 0 Å². The Kier molecular flexibility index (Phi) is 5.79. The fourth-order valence-electron chi connectivity index (χ4n) is 4.00. The summed E-state index contributed by atoms with van der Waals surface area (Å²) in [6.07, 6.45) is 4.35. The Bertz CT molecular complexity index is 717. The Morgan fingerprint density at radius 3 is 2.67 bits per heavy atom. The highest BCUT2D eigenvalue weighted by Gasteiger charge is 2.54. The normalized spacial score (nSPS) is 20.4. The molecule has 2 heterocycles. The largest absolute Gasteiger partial charge is 0.478 e. The minimum absolute atomic E-state index is 0.150.